The van der Waals surface area contributed by atoms with E-state index in [2.05, 4.69) is 6.07 Å². The van der Waals surface area contributed by atoms with E-state index in [1.807, 2.05) is 12.1 Å². The first-order chi connectivity index (χ1) is 7.23. The predicted molar refractivity (Wildman–Crippen MR) is 62.6 cm³/mol. The predicted octanol–water partition coefficient (Wildman–Crippen LogP) is 2.73. The molecule has 2 nitrogen and oxygen atoms in total. The second-order valence-corrected chi connectivity index (χ2v) is 4.55. The minimum absolute atomic E-state index is 0.241. The van der Waals surface area contributed by atoms with Gasteiger partial charge in [0.15, 0.2) is 0 Å². The topological polar surface area (TPSA) is 35.2 Å². The van der Waals surface area contributed by atoms with Crippen LogP contribution in [0.1, 0.15) is 24.8 Å². The van der Waals surface area contributed by atoms with E-state index in [0.717, 1.165) is 18.7 Å². The zero-order chi connectivity index (χ0) is 10.9. The zero-order valence-corrected chi connectivity index (χ0v) is 9.68. The minimum Gasteiger partial charge on any atom is -0.495 e. The third kappa shape index (κ3) is 1.84. The summed E-state index contributed by atoms with van der Waals surface area (Å²) in [7, 11) is 1.67. The lowest BCUT2D eigenvalue weighted by Crippen LogP contribution is -2.14. The van der Waals surface area contributed by atoms with Gasteiger partial charge in [-0.25, -0.2) is 0 Å². The third-order valence-electron chi connectivity index (χ3n) is 3.22. The SMILES string of the molecule is COc1c(Cl)cccc1C1(CCN)CC1. The van der Waals surface area contributed by atoms with Crippen LogP contribution in [0.4, 0.5) is 0 Å². The summed E-state index contributed by atoms with van der Waals surface area (Å²) in [5, 5.41) is 0.693. The Bertz CT molecular complexity index is 361. The van der Waals surface area contributed by atoms with Crippen LogP contribution in [0, 0.1) is 0 Å². The number of nitrogens with two attached hydrogens (primary N) is 1. The molecule has 1 aliphatic carbocycles. The smallest absolute Gasteiger partial charge is 0.141 e. The van der Waals surface area contributed by atoms with Crippen molar-refractivity contribution in [1.82, 2.24) is 0 Å². The molecule has 0 bridgehead atoms. The zero-order valence-electron chi connectivity index (χ0n) is 8.92. The van der Waals surface area contributed by atoms with Crippen molar-refractivity contribution in [1.29, 1.82) is 0 Å². The lowest BCUT2D eigenvalue weighted by molar-refractivity contribution is 0.402. The third-order valence-corrected chi connectivity index (χ3v) is 3.52. The highest BCUT2D eigenvalue weighted by Crippen LogP contribution is 2.54. The van der Waals surface area contributed by atoms with Crippen LogP contribution >= 0.6 is 11.6 Å². The summed E-state index contributed by atoms with van der Waals surface area (Å²) in [5.41, 5.74) is 7.11. The summed E-state index contributed by atoms with van der Waals surface area (Å²) in [6.45, 7) is 0.718. The Morgan fingerprint density at radius 2 is 2.20 bits per heavy atom. The van der Waals surface area contributed by atoms with Crippen LogP contribution in [0.3, 0.4) is 0 Å². The molecule has 0 aromatic heterocycles. The molecule has 0 aliphatic heterocycles. The fourth-order valence-corrected chi connectivity index (χ4v) is 2.47. The molecule has 15 heavy (non-hydrogen) atoms. The largest absolute Gasteiger partial charge is 0.495 e. The number of para-hydroxylation sites is 1. The highest BCUT2D eigenvalue weighted by atomic mass is 35.5. The quantitative estimate of drug-likeness (QED) is 0.855. The Kier molecular flexibility index (Phi) is 2.89. The lowest BCUT2D eigenvalue weighted by Gasteiger charge is -2.18. The summed E-state index contributed by atoms with van der Waals surface area (Å²) >= 11 is 6.11. The fraction of sp³-hybridized carbons (Fsp3) is 0.500. The van der Waals surface area contributed by atoms with Gasteiger partial charge in [0.2, 0.25) is 0 Å². The number of halogens is 1. The summed E-state index contributed by atoms with van der Waals surface area (Å²) in [5.74, 6) is 0.824. The van der Waals surface area contributed by atoms with Crippen LogP contribution in [0.2, 0.25) is 5.02 Å². The Morgan fingerprint density at radius 1 is 1.47 bits per heavy atom. The van der Waals surface area contributed by atoms with Gasteiger partial charge < -0.3 is 10.5 Å². The number of benzene rings is 1. The van der Waals surface area contributed by atoms with Gasteiger partial charge in [-0.2, -0.15) is 0 Å². The number of hydrogen-bond acceptors (Lipinski definition) is 2. The molecule has 1 aromatic rings. The van der Waals surface area contributed by atoms with Crippen molar-refractivity contribution in [2.45, 2.75) is 24.7 Å². The van der Waals surface area contributed by atoms with Crippen molar-refractivity contribution in [2.24, 2.45) is 5.73 Å². The van der Waals surface area contributed by atoms with Gasteiger partial charge in [-0.1, -0.05) is 23.7 Å². The van der Waals surface area contributed by atoms with E-state index in [1.165, 1.54) is 18.4 Å². The molecule has 0 atom stereocenters. The maximum atomic E-state index is 6.11. The van der Waals surface area contributed by atoms with Gasteiger partial charge in [-0.3, -0.25) is 0 Å². The van der Waals surface area contributed by atoms with Crippen LogP contribution in [0.15, 0.2) is 18.2 Å². The van der Waals surface area contributed by atoms with Gasteiger partial charge >= 0.3 is 0 Å². The highest BCUT2D eigenvalue weighted by molar-refractivity contribution is 6.32. The maximum Gasteiger partial charge on any atom is 0.141 e. The molecule has 0 spiro atoms. The fourth-order valence-electron chi connectivity index (χ4n) is 2.22. The van der Waals surface area contributed by atoms with E-state index in [9.17, 15) is 0 Å². The Hall–Kier alpha value is -0.730. The van der Waals surface area contributed by atoms with Crippen LogP contribution in [0.5, 0.6) is 5.75 Å². The van der Waals surface area contributed by atoms with Crippen LogP contribution < -0.4 is 10.5 Å². The van der Waals surface area contributed by atoms with E-state index in [-0.39, 0.29) is 5.41 Å². The molecule has 0 heterocycles. The molecule has 1 saturated carbocycles. The summed E-state index contributed by atoms with van der Waals surface area (Å²) < 4.78 is 5.38. The molecule has 0 amide bonds. The molecule has 2 rings (SSSR count). The average molecular weight is 226 g/mol. The van der Waals surface area contributed by atoms with Crippen molar-refractivity contribution in [3.63, 3.8) is 0 Å². The molecule has 3 heteroatoms. The molecule has 2 N–H and O–H groups in total. The van der Waals surface area contributed by atoms with Gasteiger partial charge in [0.05, 0.1) is 12.1 Å². The molecule has 82 valence electrons. The first kappa shape index (κ1) is 10.8. The normalized spacial score (nSPS) is 17.5. The van der Waals surface area contributed by atoms with Crippen molar-refractivity contribution >= 4 is 11.6 Å². The second-order valence-electron chi connectivity index (χ2n) is 4.14. The van der Waals surface area contributed by atoms with E-state index in [4.69, 9.17) is 22.1 Å². The number of ether oxygens (including phenoxy) is 1. The van der Waals surface area contributed by atoms with Gasteiger partial charge in [0.25, 0.3) is 0 Å². The van der Waals surface area contributed by atoms with Crippen molar-refractivity contribution in [3.05, 3.63) is 28.8 Å². The number of rotatable bonds is 4. The molecule has 0 saturated heterocycles. The highest BCUT2D eigenvalue weighted by Gasteiger charge is 2.45. The molecule has 1 aromatic carbocycles. The molecule has 1 aliphatic rings. The maximum absolute atomic E-state index is 6.11. The van der Waals surface area contributed by atoms with E-state index >= 15 is 0 Å². The summed E-state index contributed by atoms with van der Waals surface area (Å²) in [6, 6.07) is 5.95. The number of methoxy groups -OCH3 is 1. The molecular formula is C12H16ClNO. The lowest BCUT2D eigenvalue weighted by atomic mass is 9.91. The van der Waals surface area contributed by atoms with Crippen molar-refractivity contribution in [2.75, 3.05) is 13.7 Å². The standard InChI is InChI=1S/C12H16ClNO/c1-15-11-9(3-2-4-10(11)13)12(5-6-12)7-8-14/h2-4H,5-8,14H2,1H3. The van der Waals surface area contributed by atoms with Crippen LogP contribution in [0.25, 0.3) is 0 Å². The van der Waals surface area contributed by atoms with Crippen LogP contribution in [-0.2, 0) is 5.41 Å². The minimum atomic E-state index is 0.241. The Balaban J connectivity index is 2.39. The van der Waals surface area contributed by atoms with Crippen LogP contribution in [-0.4, -0.2) is 13.7 Å². The molecule has 1 fully saturated rings. The van der Waals surface area contributed by atoms with E-state index < -0.39 is 0 Å². The van der Waals surface area contributed by atoms with E-state index in [1.54, 1.807) is 7.11 Å². The van der Waals surface area contributed by atoms with Crippen molar-refractivity contribution < 1.29 is 4.74 Å². The van der Waals surface area contributed by atoms with Gasteiger partial charge in [-0.15, -0.1) is 0 Å². The monoisotopic (exact) mass is 225 g/mol. The molecular weight excluding hydrogens is 210 g/mol. The first-order valence-corrected chi connectivity index (χ1v) is 5.64. The van der Waals surface area contributed by atoms with Gasteiger partial charge in [0, 0.05) is 11.0 Å². The average Bonchev–Trinajstić information content (AvgIpc) is 2.99. The number of hydrogen-bond donors (Lipinski definition) is 1. The van der Waals surface area contributed by atoms with E-state index in [0.29, 0.717) is 5.02 Å². The molecule has 0 radical (unpaired) electrons. The first-order valence-electron chi connectivity index (χ1n) is 5.26. The van der Waals surface area contributed by atoms with Crippen molar-refractivity contribution in [3.8, 4) is 5.75 Å². The van der Waals surface area contributed by atoms with Gasteiger partial charge in [0.1, 0.15) is 5.75 Å². The van der Waals surface area contributed by atoms with Gasteiger partial charge in [-0.05, 0) is 31.9 Å². The Morgan fingerprint density at radius 3 is 2.73 bits per heavy atom. The molecule has 0 unspecified atom stereocenters. The second kappa shape index (κ2) is 4.03. The summed E-state index contributed by atoms with van der Waals surface area (Å²) in [6.07, 6.45) is 3.41. The Labute approximate surface area is 95.4 Å². The summed E-state index contributed by atoms with van der Waals surface area (Å²) in [4.78, 5) is 0.